The molecular formula is C22H29N5O9S. The number of phenolic OH excluding ortho intramolecular Hbond substituents is 1. The van der Waals surface area contributed by atoms with Gasteiger partial charge in [0, 0.05) is 38.7 Å². The van der Waals surface area contributed by atoms with Gasteiger partial charge in [0.25, 0.3) is 5.91 Å². The van der Waals surface area contributed by atoms with E-state index < -0.39 is 69.1 Å². The molecule has 3 aliphatic heterocycles. The minimum absolute atomic E-state index is 0.0491. The Morgan fingerprint density at radius 3 is 2.22 bits per heavy atom. The van der Waals surface area contributed by atoms with E-state index in [9.17, 15) is 37.8 Å². The van der Waals surface area contributed by atoms with Crippen LogP contribution < -0.4 is 21.7 Å². The zero-order valence-electron chi connectivity index (χ0n) is 20.0. The maximum Gasteiger partial charge on any atom is 0.352 e. The highest BCUT2D eigenvalue weighted by molar-refractivity contribution is 7.92. The van der Waals surface area contributed by atoms with Crippen LogP contribution in [0.15, 0.2) is 35.5 Å². The van der Waals surface area contributed by atoms with Gasteiger partial charge in [-0.3, -0.25) is 19.3 Å². The molecule has 15 heteroatoms. The molecule has 2 saturated heterocycles. The zero-order valence-corrected chi connectivity index (χ0v) is 20.8. The number of fused-ring (bicyclic) bond motifs is 1. The van der Waals surface area contributed by atoms with Crippen molar-refractivity contribution in [2.24, 2.45) is 5.73 Å². The number of carbonyl (C=O) groups is 4. The molecule has 3 aliphatic rings. The number of carbonyl (C=O) groups excluding carboxylic acids is 3. The number of aliphatic carboxylic acids is 1. The minimum Gasteiger partial charge on any atom is -0.508 e. The highest BCUT2D eigenvalue weighted by atomic mass is 32.2. The van der Waals surface area contributed by atoms with E-state index >= 15 is 0 Å². The largest absolute Gasteiger partial charge is 0.508 e. The number of hydrogen-bond donors (Lipinski definition) is 6. The van der Waals surface area contributed by atoms with E-state index in [1.54, 1.807) is 0 Å². The molecule has 4 rings (SSSR count). The lowest BCUT2D eigenvalue weighted by Crippen LogP contribution is -2.75. The molecule has 0 saturated carbocycles. The maximum atomic E-state index is 12.7. The number of nitrogens with zero attached hydrogens (tertiary/aromatic N) is 1. The third-order valence-electron chi connectivity index (χ3n) is 5.80. The van der Waals surface area contributed by atoms with Crippen LogP contribution in [0, 0.1) is 0 Å². The lowest BCUT2D eigenvalue weighted by Gasteiger charge is -2.49. The monoisotopic (exact) mass is 539 g/mol. The quantitative estimate of drug-likeness (QED) is 0.164. The molecule has 3 heterocycles. The highest BCUT2D eigenvalue weighted by Gasteiger charge is 2.60. The molecule has 3 atom stereocenters. The molecule has 14 nitrogen and oxygen atoms in total. The van der Waals surface area contributed by atoms with Crippen LogP contribution in [0.3, 0.4) is 0 Å². The number of rotatable bonds is 6. The molecule has 2 fully saturated rings. The van der Waals surface area contributed by atoms with Gasteiger partial charge in [-0.25, -0.2) is 13.2 Å². The number of benzene rings is 1. The topological polar surface area (TPSA) is 217 Å². The van der Waals surface area contributed by atoms with Gasteiger partial charge in [-0.15, -0.1) is 0 Å². The Balaban J connectivity index is 0.000000555. The summed E-state index contributed by atoms with van der Waals surface area (Å²) in [5.74, 6) is -4.93. The fourth-order valence-electron chi connectivity index (χ4n) is 4.00. The van der Waals surface area contributed by atoms with Crippen LogP contribution in [-0.2, 0) is 33.8 Å². The Morgan fingerprint density at radius 2 is 1.73 bits per heavy atom. The van der Waals surface area contributed by atoms with Crippen molar-refractivity contribution in [3.05, 3.63) is 41.1 Å². The number of ether oxygens (including phenoxy) is 1. The molecule has 7 N–H and O–H groups in total. The van der Waals surface area contributed by atoms with Crippen molar-refractivity contribution in [2.45, 2.75) is 24.4 Å². The summed E-state index contributed by atoms with van der Waals surface area (Å²) in [6, 6.07) is 2.60. The summed E-state index contributed by atoms with van der Waals surface area (Å²) in [4.78, 5) is 48.3. The van der Waals surface area contributed by atoms with Gasteiger partial charge >= 0.3 is 11.9 Å². The van der Waals surface area contributed by atoms with Crippen molar-refractivity contribution in [3.63, 3.8) is 0 Å². The summed E-state index contributed by atoms with van der Waals surface area (Å²) >= 11 is 0. The number of carboxylic acid groups (broad SMARTS) is 1. The van der Waals surface area contributed by atoms with E-state index in [4.69, 9.17) is 10.5 Å². The fraction of sp³-hybridized carbons (Fsp3) is 0.455. The normalized spacial score (nSPS) is 23.0. The number of amides is 2. The van der Waals surface area contributed by atoms with Gasteiger partial charge in [-0.05, 0) is 17.7 Å². The SMILES string of the molecule is C1CNCCN1.CC(=O)OCC1=C(C(=O)O)N2C(=O)[C@H](NC(=O)C(N)c3ccc(O)cc3)[C@@H]2S(=O)(=O)C1. The van der Waals surface area contributed by atoms with Crippen LogP contribution in [0.5, 0.6) is 5.75 Å². The number of hydrogen-bond acceptors (Lipinski definition) is 11. The van der Waals surface area contributed by atoms with Crippen molar-refractivity contribution in [2.75, 3.05) is 38.5 Å². The Morgan fingerprint density at radius 1 is 1.16 bits per heavy atom. The summed E-state index contributed by atoms with van der Waals surface area (Å²) in [5.41, 5.74) is 5.30. The Kier molecular flexibility index (Phi) is 8.85. The van der Waals surface area contributed by atoms with Crippen molar-refractivity contribution in [1.82, 2.24) is 20.9 Å². The molecule has 0 radical (unpaired) electrons. The summed E-state index contributed by atoms with van der Waals surface area (Å²) in [5, 5.41) is 25.9. The first-order valence-electron chi connectivity index (χ1n) is 11.3. The van der Waals surface area contributed by atoms with Crippen molar-refractivity contribution in [3.8, 4) is 5.75 Å². The van der Waals surface area contributed by atoms with Gasteiger partial charge in [-0.1, -0.05) is 12.1 Å². The second-order valence-corrected chi connectivity index (χ2v) is 10.6. The van der Waals surface area contributed by atoms with Gasteiger partial charge < -0.3 is 36.6 Å². The minimum atomic E-state index is -4.11. The molecular weight excluding hydrogens is 510 g/mol. The van der Waals surface area contributed by atoms with E-state index in [1.165, 1.54) is 24.3 Å². The zero-order chi connectivity index (χ0) is 27.3. The smallest absolute Gasteiger partial charge is 0.352 e. The number of β-lactam (4-membered cyclic amide) rings is 1. The van der Waals surface area contributed by atoms with Crippen LogP contribution in [0.2, 0.25) is 0 Å². The van der Waals surface area contributed by atoms with Crippen molar-refractivity contribution in [1.29, 1.82) is 0 Å². The fourth-order valence-corrected chi connectivity index (χ4v) is 6.01. The second-order valence-electron chi connectivity index (χ2n) is 8.50. The van der Waals surface area contributed by atoms with Crippen molar-refractivity contribution >= 4 is 33.6 Å². The highest BCUT2D eigenvalue weighted by Crippen LogP contribution is 2.37. The molecule has 1 unspecified atom stereocenters. The molecule has 0 spiro atoms. The number of aromatic hydroxyl groups is 1. The van der Waals surface area contributed by atoms with Crippen molar-refractivity contribution < 1.29 is 42.5 Å². The van der Waals surface area contributed by atoms with E-state index in [0.717, 1.165) is 33.1 Å². The summed E-state index contributed by atoms with van der Waals surface area (Å²) in [7, 11) is -4.11. The maximum absolute atomic E-state index is 12.7. The molecule has 0 aliphatic carbocycles. The van der Waals surface area contributed by atoms with Crippen LogP contribution in [0.25, 0.3) is 0 Å². The standard InChI is InChI=1S/C18H19N3O9S.C4H10N2/c1-8(22)30-6-10-7-31(28,29)17-13(16(25)21(17)14(10)18(26)27)20-15(24)12(19)9-2-4-11(23)5-3-9;1-2-6-4-3-5-1/h2-5,12-13,17,23H,6-7,19H2,1H3,(H,20,24)(H,26,27);5-6H,1-4H2/t12?,13-,17-;/m0./s1. The van der Waals surface area contributed by atoms with Gasteiger partial charge in [0.2, 0.25) is 5.91 Å². The van der Waals surface area contributed by atoms with E-state index in [1.807, 2.05) is 0 Å². The Hall–Kier alpha value is -3.53. The molecule has 2 amide bonds. The van der Waals surface area contributed by atoms with Gasteiger partial charge in [0.15, 0.2) is 15.2 Å². The number of nitrogens with one attached hydrogen (secondary N) is 3. The first-order valence-corrected chi connectivity index (χ1v) is 13.0. The van der Waals surface area contributed by atoms with Crippen LogP contribution in [0.1, 0.15) is 18.5 Å². The summed E-state index contributed by atoms with van der Waals surface area (Å²) in [6.45, 7) is 5.02. The summed E-state index contributed by atoms with van der Waals surface area (Å²) < 4.78 is 30.1. The molecule has 0 aromatic heterocycles. The third kappa shape index (κ3) is 6.43. The molecule has 0 bridgehead atoms. The van der Waals surface area contributed by atoms with Gasteiger partial charge in [0.1, 0.15) is 30.1 Å². The predicted molar refractivity (Wildman–Crippen MR) is 128 cm³/mol. The van der Waals surface area contributed by atoms with Gasteiger partial charge in [-0.2, -0.15) is 0 Å². The number of phenols is 1. The second kappa shape index (κ2) is 11.7. The lowest BCUT2D eigenvalue weighted by atomic mass is 10.0. The number of nitrogens with two attached hydrogens (primary N) is 1. The van der Waals surface area contributed by atoms with Gasteiger partial charge in [0.05, 0.1) is 5.75 Å². The average Bonchev–Trinajstić information content (AvgIpc) is 2.86. The molecule has 1 aromatic rings. The molecule has 202 valence electrons. The number of carboxylic acids is 1. The predicted octanol–water partition coefficient (Wildman–Crippen LogP) is -2.45. The first kappa shape index (κ1) is 28.0. The first-order chi connectivity index (χ1) is 17.4. The molecule has 1 aromatic carbocycles. The Bertz CT molecular complexity index is 1180. The van der Waals surface area contributed by atoms with Crippen LogP contribution >= 0.6 is 0 Å². The average molecular weight is 540 g/mol. The van der Waals surface area contributed by atoms with E-state index in [2.05, 4.69) is 16.0 Å². The lowest BCUT2D eigenvalue weighted by molar-refractivity contribution is -0.151. The Labute approximate surface area is 212 Å². The number of piperazine rings is 1. The number of esters is 1. The van der Waals surface area contributed by atoms with E-state index in [-0.39, 0.29) is 11.3 Å². The summed E-state index contributed by atoms with van der Waals surface area (Å²) in [6.07, 6.45) is 0. The van der Waals surface area contributed by atoms with Crippen LogP contribution in [0.4, 0.5) is 0 Å². The van der Waals surface area contributed by atoms with Crippen LogP contribution in [-0.4, -0.2) is 97.2 Å². The third-order valence-corrected chi connectivity index (χ3v) is 7.77. The van der Waals surface area contributed by atoms with E-state index in [0.29, 0.717) is 10.5 Å². The number of sulfone groups is 1. The molecule has 37 heavy (non-hydrogen) atoms.